The van der Waals surface area contributed by atoms with E-state index in [1.165, 1.54) is 11.3 Å². The Bertz CT molecular complexity index is 1520. The van der Waals surface area contributed by atoms with Gasteiger partial charge < -0.3 is 5.73 Å². The summed E-state index contributed by atoms with van der Waals surface area (Å²) in [6.45, 7) is 9.80. The van der Waals surface area contributed by atoms with E-state index in [1.807, 2.05) is 15.3 Å². The number of nitrogen functional groups attached to an aromatic ring is 1. The zero-order valence-electron chi connectivity index (χ0n) is 21.2. The molecule has 36 heavy (non-hydrogen) atoms. The number of aromatic nitrogens is 5. The van der Waals surface area contributed by atoms with Crippen molar-refractivity contribution in [3.8, 4) is 11.1 Å². The van der Waals surface area contributed by atoms with Crippen molar-refractivity contribution in [2.24, 2.45) is 0 Å². The molecule has 0 unspecified atom stereocenters. The number of fused-ring (bicyclic) bond motifs is 2. The highest BCUT2D eigenvalue weighted by Crippen LogP contribution is 2.38. The van der Waals surface area contributed by atoms with Crippen molar-refractivity contribution in [3.63, 3.8) is 0 Å². The Balaban J connectivity index is 1.36. The van der Waals surface area contributed by atoms with Crippen molar-refractivity contribution in [3.05, 3.63) is 78.4 Å². The van der Waals surface area contributed by atoms with E-state index in [0.717, 1.165) is 60.0 Å². The minimum Gasteiger partial charge on any atom is -0.382 e. The average molecular weight is 480 g/mol. The maximum absolute atomic E-state index is 6.42. The van der Waals surface area contributed by atoms with Crippen molar-refractivity contribution >= 4 is 22.2 Å². The number of piperidine rings is 1. The zero-order chi connectivity index (χ0) is 24.9. The molecule has 5 aromatic rings. The van der Waals surface area contributed by atoms with Crippen LogP contribution in [-0.4, -0.2) is 47.9 Å². The lowest BCUT2D eigenvalue weighted by atomic mass is 9.90. The molecule has 6 rings (SSSR count). The molecule has 0 bridgehead atoms. The smallest absolute Gasteiger partial charge is 0.151 e. The summed E-state index contributed by atoms with van der Waals surface area (Å²) in [7, 11) is 0. The highest BCUT2D eigenvalue weighted by atomic mass is 15.3. The van der Waals surface area contributed by atoms with Gasteiger partial charge in [0.25, 0.3) is 0 Å². The largest absolute Gasteiger partial charge is 0.382 e. The van der Waals surface area contributed by atoms with Gasteiger partial charge in [-0.1, -0.05) is 42.5 Å². The first kappa shape index (κ1) is 22.7. The molecular weight excluding hydrogens is 446 g/mol. The molecule has 0 amide bonds. The summed E-state index contributed by atoms with van der Waals surface area (Å²) in [4.78, 5) is 6.90. The quantitative estimate of drug-likeness (QED) is 0.376. The molecule has 1 aliphatic rings. The molecule has 0 radical (unpaired) electrons. The van der Waals surface area contributed by atoms with E-state index >= 15 is 0 Å². The number of nitrogens with two attached hydrogens (primary N) is 1. The van der Waals surface area contributed by atoms with Gasteiger partial charge >= 0.3 is 0 Å². The van der Waals surface area contributed by atoms with Gasteiger partial charge in [-0.15, -0.1) is 0 Å². The molecule has 0 spiro atoms. The Morgan fingerprint density at radius 2 is 1.78 bits per heavy atom. The second kappa shape index (κ2) is 8.75. The number of hydrogen-bond donors (Lipinski definition) is 1. The molecule has 0 aliphatic carbocycles. The second-order valence-electron chi connectivity index (χ2n) is 10.9. The second-order valence-corrected chi connectivity index (χ2v) is 10.9. The van der Waals surface area contributed by atoms with Gasteiger partial charge in [-0.2, -0.15) is 10.2 Å². The third kappa shape index (κ3) is 4.13. The van der Waals surface area contributed by atoms with E-state index in [2.05, 4.69) is 90.5 Å². The van der Waals surface area contributed by atoms with Crippen molar-refractivity contribution < 1.29 is 0 Å². The summed E-state index contributed by atoms with van der Waals surface area (Å²) in [5.41, 5.74) is 13.1. The standard InChI is InChI=1S/C29H33N7/c1-29(2,3)34-13-11-21(12-14-34)26-16-24(27-28(30)31-19-32-36(26)27)22-9-10-23-18-35(33-25(23)15-22)17-20-7-5-4-6-8-20/h4-10,15-16,18-19,21H,11-14,17H2,1-3H3,(H2,30,31,32). The lowest BCUT2D eigenvalue weighted by molar-refractivity contribution is 0.101. The van der Waals surface area contributed by atoms with Crippen LogP contribution in [0, 0.1) is 0 Å². The van der Waals surface area contributed by atoms with Crippen LogP contribution in [0.25, 0.3) is 27.5 Å². The molecule has 3 aromatic heterocycles. The minimum atomic E-state index is 0.198. The number of nitrogens with zero attached hydrogens (tertiary/aromatic N) is 6. The maximum Gasteiger partial charge on any atom is 0.151 e. The van der Waals surface area contributed by atoms with Gasteiger partial charge in [-0.05, 0) is 70.0 Å². The summed E-state index contributed by atoms with van der Waals surface area (Å²) in [5, 5.41) is 10.6. The first-order valence-electron chi connectivity index (χ1n) is 12.8. The lowest BCUT2D eigenvalue weighted by Gasteiger charge is -2.40. The monoisotopic (exact) mass is 479 g/mol. The van der Waals surface area contributed by atoms with E-state index in [0.29, 0.717) is 11.7 Å². The van der Waals surface area contributed by atoms with Crippen LogP contribution in [-0.2, 0) is 6.54 Å². The molecule has 1 saturated heterocycles. The highest BCUT2D eigenvalue weighted by Gasteiger charge is 2.30. The van der Waals surface area contributed by atoms with Gasteiger partial charge in [0, 0.05) is 34.3 Å². The van der Waals surface area contributed by atoms with E-state index in [4.69, 9.17) is 10.8 Å². The Hall–Kier alpha value is -3.71. The van der Waals surface area contributed by atoms with Crippen molar-refractivity contribution in [2.45, 2.75) is 51.6 Å². The van der Waals surface area contributed by atoms with E-state index in [9.17, 15) is 0 Å². The predicted molar refractivity (Wildman–Crippen MR) is 145 cm³/mol. The average Bonchev–Trinajstić information content (AvgIpc) is 3.45. The summed E-state index contributed by atoms with van der Waals surface area (Å²) in [6, 6.07) is 19.1. The number of rotatable bonds is 4. The third-order valence-corrected chi connectivity index (χ3v) is 7.53. The molecule has 2 aromatic carbocycles. The molecule has 0 atom stereocenters. The van der Waals surface area contributed by atoms with Gasteiger partial charge in [0.1, 0.15) is 11.8 Å². The third-order valence-electron chi connectivity index (χ3n) is 7.53. The lowest BCUT2D eigenvalue weighted by Crippen LogP contribution is -2.45. The van der Waals surface area contributed by atoms with Crippen molar-refractivity contribution in [2.75, 3.05) is 18.8 Å². The molecular formula is C29H33N7. The van der Waals surface area contributed by atoms with E-state index in [1.54, 1.807) is 6.33 Å². The Labute approximate surface area is 211 Å². The molecule has 184 valence electrons. The van der Waals surface area contributed by atoms with Crippen LogP contribution < -0.4 is 5.73 Å². The topological polar surface area (TPSA) is 77.3 Å². The van der Waals surface area contributed by atoms with E-state index in [-0.39, 0.29) is 5.54 Å². The molecule has 0 saturated carbocycles. The van der Waals surface area contributed by atoms with Crippen LogP contribution in [0.3, 0.4) is 0 Å². The van der Waals surface area contributed by atoms with Crippen LogP contribution in [0.1, 0.15) is 50.8 Å². The van der Waals surface area contributed by atoms with Crippen LogP contribution in [0.4, 0.5) is 5.82 Å². The maximum atomic E-state index is 6.42. The number of anilines is 1. The molecule has 4 heterocycles. The number of likely N-dealkylation sites (tertiary alicyclic amines) is 1. The molecule has 1 aliphatic heterocycles. The van der Waals surface area contributed by atoms with Gasteiger partial charge in [0.2, 0.25) is 0 Å². The Morgan fingerprint density at radius 1 is 1.00 bits per heavy atom. The van der Waals surface area contributed by atoms with Gasteiger partial charge in [-0.3, -0.25) is 9.58 Å². The first-order valence-corrected chi connectivity index (χ1v) is 12.8. The van der Waals surface area contributed by atoms with Gasteiger partial charge in [0.15, 0.2) is 5.82 Å². The fourth-order valence-electron chi connectivity index (χ4n) is 5.54. The predicted octanol–water partition coefficient (Wildman–Crippen LogP) is 5.35. The van der Waals surface area contributed by atoms with Crippen LogP contribution in [0.2, 0.25) is 0 Å². The summed E-state index contributed by atoms with van der Waals surface area (Å²) in [6.07, 6.45) is 5.88. The summed E-state index contributed by atoms with van der Waals surface area (Å²) < 4.78 is 4.03. The number of hydrogen-bond acceptors (Lipinski definition) is 5. The van der Waals surface area contributed by atoms with Crippen LogP contribution >= 0.6 is 0 Å². The fraction of sp³-hybridized carbons (Fsp3) is 0.345. The first-order chi connectivity index (χ1) is 17.4. The van der Waals surface area contributed by atoms with Gasteiger partial charge in [0.05, 0.1) is 12.1 Å². The van der Waals surface area contributed by atoms with Crippen molar-refractivity contribution in [1.29, 1.82) is 0 Å². The van der Waals surface area contributed by atoms with Gasteiger partial charge in [-0.25, -0.2) is 9.50 Å². The Morgan fingerprint density at radius 3 is 2.53 bits per heavy atom. The number of benzene rings is 2. The van der Waals surface area contributed by atoms with E-state index < -0.39 is 0 Å². The SMILES string of the molecule is CC(C)(C)N1CCC(c2cc(-c3ccc4cn(Cc5ccccc5)nc4c3)c3c(N)ncnn23)CC1. The Kier molecular flexibility index (Phi) is 5.52. The normalized spacial score (nSPS) is 15.8. The highest BCUT2D eigenvalue weighted by molar-refractivity contribution is 5.92. The van der Waals surface area contributed by atoms with Crippen LogP contribution in [0.15, 0.2) is 67.1 Å². The van der Waals surface area contributed by atoms with Crippen molar-refractivity contribution in [1.82, 2.24) is 29.3 Å². The molecule has 7 heteroatoms. The molecule has 7 nitrogen and oxygen atoms in total. The van der Waals surface area contributed by atoms with Crippen LogP contribution in [0.5, 0.6) is 0 Å². The minimum absolute atomic E-state index is 0.198. The molecule has 1 fully saturated rings. The fourth-order valence-corrected chi connectivity index (χ4v) is 5.54. The molecule has 2 N–H and O–H groups in total. The zero-order valence-corrected chi connectivity index (χ0v) is 21.2. The summed E-state index contributed by atoms with van der Waals surface area (Å²) >= 11 is 0. The summed E-state index contributed by atoms with van der Waals surface area (Å²) in [5.74, 6) is 0.945.